The molecule has 208 valence electrons. The number of piperazine rings is 1. The van der Waals surface area contributed by atoms with E-state index in [0.717, 1.165) is 26.2 Å². The van der Waals surface area contributed by atoms with Gasteiger partial charge in [-0.1, -0.05) is 11.6 Å². The largest absolute Gasteiger partial charge is 0.354 e. The summed E-state index contributed by atoms with van der Waals surface area (Å²) in [7, 11) is -2.97. The van der Waals surface area contributed by atoms with Crippen LogP contribution in [0.15, 0.2) is 42.6 Å². The predicted octanol–water partition coefficient (Wildman–Crippen LogP) is 3.37. The monoisotopic (exact) mass is 575 g/mol. The minimum absolute atomic E-state index is 0.153. The molecule has 13 heteroatoms. The van der Waals surface area contributed by atoms with Gasteiger partial charge in [-0.25, -0.2) is 17.8 Å². The molecule has 0 atom stereocenters. The number of pyridine rings is 1. The first-order chi connectivity index (χ1) is 18.6. The van der Waals surface area contributed by atoms with Crippen molar-refractivity contribution >= 4 is 44.5 Å². The molecule has 0 saturated carbocycles. The molecule has 39 heavy (non-hydrogen) atoms. The zero-order chi connectivity index (χ0) is 28.0. The fourth-order valence-electron chi connectivity index (χ4n) is 4.13. The van der Waals surface area contributed by atoms with E-state index < -0.39 is 15.7 Å². The zero-order valence-electron chi connectivity index (χ0n) is 21.8. The van der Waals surface area contributed by atoms with E-state index in [4.69, 9.17) is 11.6 Å². The number of carbonyl (C=O) groups is 1. The lowest BCUT2D eigenvalue weighted by atomic mass is 10.1. The van der Waals surface area contributed by atoms with E-state index in [0.29, 0.717) is 53.1 Å². The summed E-state index contributed by atoms with van der Waals surface area (Å²) in [5.41, 5.74) is 2.48. The van der Waals surface area contributed by atoms with Crippen molar-refractivity contribution in [2.45, 2.75) is 13.3 Å². The number of nitrogens with one attached hydrogen (secondary N) is 2. The van der Waals surface area contributed by atoms with Gasteiger partial charge >= 0.3 is 0 Å². The molecule has 3 aromatic rings. The molecule has 4 rings (SSSR count). The topological polar surface area (TPSA) is 120 Å². The van der Waals surface area contributed by atoms with Crippen molar-refractivity contribution < 1.29 is 17.6 Å². The number of anilines is 3. The SMILES string of the molecule is Cc1nnc(-c2cc(Cl)ccc2F)cc1Nc1ccnc(NC(=O)CCN2CCN(CCS(C)(=O)=O)CC2)c1. The number of aryl methyl sites for hydroxylation is 1. The number of halogens is 2. The third kappa shape index (κ3) is 8.65. The molecule has 3 heterocycles. The van der Waals surface area contributed by atoms with Crippen molar-refractivity contribution in [3.05, 3.63) is 59.1 Å². The first-order valence-corrected chi connectivity index (χ1v) is 14.9. The second-order valence-corrected chi connectivity index (χ2v) is 12.2. The van der Waals surface area contributed by atoms with Crippen LogP contribution in [-0.2, 0) is 14.6 Å². The van der Waals surface area contributed by atoms with Crippen LogP contribution in [-0.4, -0.2) is 90.6 Å². The number of benzene rings is 1. The molecule has 0 bridgehead atoms. The van der Waals surface area contributed by atoms with Crippen LogP contribution in [0, 0.1) is 12.7 Å². The molecule has 0 aliphatic carbocycles. The highest BCUT2D eigenvalue weighted by Gasteiger charge is 2.19. The number of aromatic nitrogens is 3. The lowest BCUT2D eigenvalue weighted by Gasteiger charge is -2.34. The van der Waals surface area contributed by atoms with Crippen molar-refractivity contribution in [3.63, 3.8) is 0 Å². The highest BCUT2D eigenvalue weighted by Crippen LogP contribution is 2.28. The molecule has 1 aliphatic rings. The summed E-state index contributed by atoms with van der Waals surface area (Å²) in [5, 5.41) is 14.7. The van der Waals surface area contributed by atoms with Gasteiger partial charge in [0.2, 0.25) is 5.91 Å². The molecule has 2 N–H and O–H groups in total. The molecule has 1 aliphatic heterocycles. The summed E-state index contributed by atoms with van der Waals surface area (Å²) >= 11 is 6.03. The Balaban J connectivity index is 1.31. The summed E-state index contributed by atoms with van der Waals surface area (Å²) in [6.07, 6.45) is 3.14. The molecule has 1 saturated heterocycles. The maximum Gasteiger partial charge on any atom is 0.226 e. The van der Waals surface area contributed by atoms with Crippen molar-refractivity contribution in [1.82, 2.24) is 25.0 Å². The van der Waals surface area contributed by atoms with Gasteiger partial charge in [-0.15, -0.1) is 0 Å². The van der Waals surface area contributed by atoms with Crippen molar-refractivity contribution in [3.8, 4) is 11.3 Å². The minimum atomic E-state index is -2.97. The van der Waals surface area contributed by atoms with Gasteiger partial charge in [0.1, 0.15) is 21.5 Å². The second kappa shape index (κ2) is 12.8. The summed E-state index contributed by atoms with van der Waals surface area (Å²) < 4.78 is 37.1. The van der Waals surface area contributed by atoms with Crippen LogP contribution in [0.2, 0.25) is 5.02 Å². The summed E-state index contributed by atoms with van der Waals surface area (Å²) in [6.45, 7) is 6.06. The molecular formula is C26H31ClFN7O3S. The number of sulfone groups is 1. The maximum absolute atomic E-state index is 14.3. The fraction of sp³-hybridized carbons (Fsp3) is 0.385. The lowest BCUT2D eigenvalue weighted by Crippen LogP contribution is -2.48. The van der Waals surface area contributed by atoms with Crippen LogP contribution in [0.1, 0.15) is 12.1 Å². The molecule has 1 fully saturated rings. The Labute approximate surface area is 232 Å². The van der Waals surface area contributed by atoms with Crippen molar-refractivity contribution in [1.29, 1.82) is 0 Å². The molecule has 2 aromatic heterocycles. The van der Waals surface area contributed by atoms with Gasteiger partial charge in [0.25, 0.3) is 0 Å². The van der Waals surface area contributed by atoms with E-state index in [1.807, 2.05) is 0 Å². The van der Waals surface area contributed by atoms with Crippen LogP contribution >= 0.6 is 11.6 Å². The number of nitrogens with zero attached hydrogens (tertiary/aromatic N) is 5. The van der Waals surface area contributed by atoms with E-state index in [1.165, 1.54) is 24.5 Å². The number of hydrogen-bond donors (Lipinski definition) is 2. The first-order valence-electron chi connectivity index (χ1n) is 12.5. The van der Waals surface area contributed by atoms with Gasteiger partial charge in [-0.2, -0.15) is 10.2 Å². The number of carbonyl (C=O) groups excluding carboxylic acids is 1. The highest BCUT2D eigenvalue weighted by molar-refractivity contribution is 7.90. The third-order valence-electron chi connectivity index (χ3n) is 6.39. The number of hydrogen-bond acceptors (Lipinski definition) is 9. The lowest BCUT2D eigenvalue weighted by molar-refractivity contribution is -0.116. The van der Waals surface area contributed by atoms with E-state index in [2.05, 4.69) is 35.6 Å². The summed E-state index contributed by atoms with van der Waals surface area (Å²) in [4.78, 5) is 21.1. The Morgan fingerprint density at radius 2 is 1.77 bits per heavy atom. The smallest absolute Gasteiger partial charge is 0.226 e. The van der Waals surface area contributed by atoms with Crippen LogP contribution < -0.4 is 10.6 Å². The number of rotatable bonds is 10. The average molecular weight is 576 g/mol. The van der Waals surface area contributed by atoms with Gasteiger partial charge in [0.15, 0.2) is 0 Å². The van der Waals surface area contributed by atoms with Gasteiger partial charge in [0, 0.05) is 80.5 Å². The molecule has 1 amide bonds. The van der Waals surface area contributed by atoms with E-state index in [1.54, 1.807) is 31.3 Å². The molecule has 1 aromatic carbocycles. The molecular weight excluding hydrogens is 545 g/mol. The highest BCUT2D eigenvalue weighted by atomic mass is 35.5. The second-order valence-electron chi connectivity index (χ2n) is 9.52. The van der Waals surface area contributed by atoms with Crippen molar-refractivity contribution in [2.24, 2.45) is 0 Å². The minimum Gasteiger partial charge on any atom is -0.354 e. The van der Waals surface area contributed by atoms with Gasteiger partial charge in [-0.3, -0.25) is 9.69 Å². The third-order valence-corrected chi connectivity index (χ3v) is 7.55. The van der Waals surface area contributed by atoms with E-state index in [-0.39, 0.29) is 17.2 Å². The van der Waals surface area contributed by atoms with Crippen LogP contribution in [0.5, 0.6) is 0 Å². The van der Waals surface area contributed by atoms with Crippen LogP contribution in [0.25, 0.3) is 11.3 Å². The van der Waals surface area contributed by atoms with Crippen LogP contribution in [0.4, 0.5) is 21.6 Å². The Hall–Kier alpha value is -3.19. The molecule has 0 spiro atoms. The van der Waals surface area contributed by atoms with E-state index in [9.17, 15) is 17.6 Å². The quantitative estimate of drug-likeness (QED) is 0.375. The van der Waals surface area contributed by atoms with Gasteiger partial charge < -0.3 is 15.5 Å². The van der Waals surface area contributed by atoms with Crippen molar-refractivity contribution in [2.75, 3.05) is 61.9 Å². The Morgan fingerprint density at radius 1 is 1.05 bits per heavy atom. The number of amides is 1. The molecule has 0 radical (unpaired) electrons. The first kappa shape index (κ1) is 28.8. The Bertz CT molecular complexity index is 1430. The standard InChI is InChI=1S/C26H31ClFN7O3S/c1-18-23(17-24(33-32-18)21-15-19(27)3-4-22(21)28)30-20-5-7-29-25(16-20)31-26(36)6-8-34-9-11-35(12-10-34)13-14-39(2,37)38/h3-5,7,15-17H,6,8-14H2,1-2H3,(H2,29,30,31,33,36). The zero-order valence-corrected chi connectivity index (χ0v) is 23.4. The fourth-order valence-corrected chi connectivity index (χ4v) is 4.90. The van der Waals surface area contributed by atoms with Gasteiger partial charge in [-0.05, 0) is 37.3 Å². The Morgan fingerprint density at radius 3 is 2.49 bits per heavy atom. The maximum atomic E-state index is 14.3. The predicted molar refractivity (Wildman–Crippen MR) is 151 cm³/mol. The summed E-state index contributed by atoms with van der Waals surface area (Å²) in [5.74, 6) is -0.0444. The average Bonchev–Trinajstić information content (AvgIpc) is 2.89. The molecule has 10 nitrogen and oxygen atoms in total. The normalized spacial score (nSPS) is 14.8. The Kier molecular flexibility index (Phi) is 9.44. The summed E-state index contributed by atoms with van der Waals surface area (Å²) in [6, 6.07) is 9.40. The van der Waals surface area contributed by atoms with Gasteiger partial charge in [0.05, 0.1) is 22.8 Å². The van der Waals surface area contributed by atoms with Crippen LogP contribution in [0.3, 0.4) is 0 Å². The van der Waals surface area contributed by atoms with E-state index >= 15 is 0 Å². The molecule has 0 unspecified atom stereocenters.